The van der Waals surface area contributed by atoms with Crippen molar-refractivity contribution >= 4 is 44.0 Å². The molecular formula is C18H36Br2O6. The fourth-order valence-electron chi connectivity index (χ4n) is 1.09. The molecule has 0 spiro atoms. The Morgan fingerprint density at radius 1 is 1.19 bits per heavy atom. The molecule has 0 atom stereocenters. The van der Waals surface area contributed by atoms with E-state index in [0.29, 0.717) is 27.0 Å². The molecule has 0 saturated carbocycles. The first-order valence-electron chi connectivity index (χ1n) is 10.0. The third-order valence-electron chi connectivity index (χ3n) is 2.31. The van der Waals surface area contributed by atoms with Crippen LogP contribution in [-0.4, -0.2) is 54.3 Å². The lowest BCUT2D eigenvalue weighted by Gasteiger charge is -2.29. The Balaban J connectivity index is -0.000000394. The molecule has 1 aliphatic heterocycles. The van der Waals surface area contributed by atoms with Crippen molar-refractivity contribution in [3.8, 4) is 0 Å². The Labute approximate surface area is 178 Å². The van der Waals surface area contributed by atoms with Gasteiger partial charge in [-0.2, -0.15) is 0 Å². The van der Waals surface area contributed by atoms with Crippen LogP contribution < -0.4 is 0 Å². The van der Waals surface area contributed by atoms with E-state index in [1.165, 1.54) is 0 Å². The zero-order chi connectivity index (χ0) is 22.3. The van der Waals surface area contributed by atoms with Gasteiger partial charge < -0.3 is 19.3 Å². The highest BCUT2D eigenvalue weighted by atomic mass is 79.9. The van der Waals surface area contributed by atoms with Crippen LogP contribution >= 0.6 is 31.9 Å². The fourth-order valence-corrected chi connectivity index (χ4v) is 1.57. The molecule has 0 aromatic heterocycles. The molecular weight excluding hydrogens is 472 g/mol. The summed E-state index contributed by atoms with van der Waals surface area (Å²) >= 11 is 6.38. The molecule has 0 bridgehead atoms. The lowest BCUT2D eigenvalue weighted by molar-refractivity contribution is -0.166. The number of rotatable bonds is 6. The van der Waals surface area contributed by atoms with Crippen molar-refractivity contribution in [2.45, 2.75) is 60.3 Å². The minimum atomic E-state index is -0.875. The average molecular weight is 512 g/mol. The highest BCUT2D eigenvalue weighted by molar-refractivity contribution is 9.09. The number of esters is 1. The summed E-state index contributed by atoms with van der Waals surface area (Å²) in [5.41, 5.74) is -0.875. The second-order valence-corrected chi connectivity index (χ2v) is 6.92. The minimum absolute atomic E-state index is 0.0129. The van der Waals surface area contributed by atoms with Crippen molar-refractivity contribution in [2.24, 2.45) is 5.41 Å². The number of hydrogen-bond donors (Lipinski definition) is 1. The third kappa shape index (κ3) is 20.0. The summed E-state index contributed by atoms with van der Waals surface area (Å²) < 4.78 is 27.2. The number of ether oxygens (including phenoxy) is 3. The number of hydrogen-bond acceptors (Lipinski definition) is 6. The molecule has 1 heterocycles. The number of cyclic esters (lactones) is 2. The number of halogens is 2. The van der Waals surface area contributed by atoms with Crippen LogP contribution in [0, 0.1) is 5.41 Å². The standard InChI is InChI=1S/C9H13BrO5.C3H7BrO.2C3H8/c1-9(5-14-8(12)15-6-9)7(11)13-4-2-3-10;4-2-1-3-5;2*1-3-2/h2-6H2,1H3;5H,1-3H2;2*3H2,1-2H3/i;;2*1T. The molecule has 8 heteroatoms. The molecule has 0 radical (unpaired) electrons. The zero-order valence-electron chi connectivity index (χ0n) is 18.2. The number of aliphatic hydroxyl groups excluding tert-OH is 1. The van der Waals surface area contributed by atoms with Gasteiger partial charge in [0.05, 0.1) is 6.61 Å². The minimum Gasteiger partial charge on any atom is -0.465 e. The summed E-state index contributed by atoms with van der Waals surface area (Å²) in [6.45, 7) is 7.45. The quantitative estimate of drug-likeness (QED) is 0.304. The van der Waals surface area contributed by atoms with Crippen molar-refractivity contribution in [1.29, 1.82) is 0 Å². The second kappa shape index (κ2) is 22.7. The number of carbonyl (C=O) groups excluding carboxylic acids is 2. The molecule has 0 amide bonds. The van der Waals surface area contributed by atoms with Crippen molar-refractivity contribution in [3.63, 3.8) is 0 Å². The summed E-state index contributed by atoms with van der Waals surface area (Å²) in [4.78, 5) is 22.2. The number of carbonyl (C=O) groups is 2. The van der Waals surface area contributed by atoms with Crippen LogP contribution in [0.2, 0.25) is 0 Å². The molecule has 1 saturated heterocycles. The summed E-state index contributed by atoms with van der Waals surface area (Å²) in [6, 6.07) is 0. The Hall–Kier alpha value is -0.340. The maximum Gasteiger partial charge on any atom is 0.508 e. The van der Waals surface area contributed by atoms with Crippen LogP contribution in [0.3, 0.4) is 0 Å². The maximum atomic E-state index is 11.6. The monoisotopic (exact) mass is 510 g/mol. The van der Waals surface area contributed by atoms with E-state index in [4.69, 9.17) is 12.6 Å². The molecule has 1 fully saturated rings. The molecule has 0 unspecified atom stereocenters. The van der Waals surface area contributed by atoms with Crippen LogP contribution in [0.5, 0.6) is 0 Å². The van der Waals surface area contributed by atoms with Gasteiger partial charge in [0.1, 0.15) is 18.6 Å². The summed E-state index contributed by atoms with van der Waals surface area (Å²) in [7, 11) is 0. The molecule has 0 aliphatic carbocycles. The van der Waals surface area contributed by atoms with Gasteiger partial charge in [-0.1, -0.05) is 72.3 Å². The van der Waals surface area contributed by atoms with Crippen LogP contribution in [0.4, 0.5) is 4.79 Å². The summed E-state index contributed by atoms with van der Waals surface area (Å²) in [5.74, 6) is -0.393. The molecule has 6 nitrogen and oxygen atoms in total. The molecule has 1 rings (SSSR count). The normalized spacial score (nSPS) is 14.9. The van der Waals surface area contributed by atoms with E-state index in [1.807, 2.05) is 13.8 Å². The van der Waals surface area contributed by atoms with Crippen LogP contribution in [0.15, 0.2) is 0 Å². The Morgan fingerprint density at radius 3 is 1.96 bits per heavy atom. The molecule has 26 heavy (non-hydrogen) atoms. The van der Waals surface area contributed by atoms with Crippen LogP contribution in [0.25, 0.3) is 0 Å². The van der Waals surface area contributed by atoms with E-state index >= 15 is 0 Å². The van der Waals surface area contributed by atoms with E-state index in [9.17, 15) is 9.59 Å². The second-order valence-electron chi connectivity index (χ2n) is 5.33. The van der Waals surface area contributed by atoms with Gasteiger partial charge >= 0.3 is 12.1 Å². The highest BCUT2D eigenvalue weighted by Crippen LogP contribution is 2.24. The summed E-state index contributed by atoms with van der Waals surface area (Å²) in [5, 5.41) is 9.72. The van der Waals surface area contributed by atoms with Gasteiger partial charge in [-0.05, 0) is 19.8 Å². The van der Waals surface area contributed by atoms with Gasteiger partial charge in [0.15, 0.2) is 0 Å². The van der Waals surface area contributed by atoms with E-state index in [1.54, 1.807) is 6.92 Å². The largest absolute Gasteiger partial charge is 0.508 e. The van der Waals surface area contributed by atoms with Crippen molar-refractivity contribution in [2.75, 3.05) is 37.1 Å². The lowest BCUT2D eigenvalue weighted by Crippen LogP contribution is -2.44. The van der Waals surface area contributed by atoms with E-state index < -0.39 is 17.5 Å². The van der Waals surface area contributed by atoms with E-state index in [2.05, 4.69) is 41.3 Å². The Morgan fingerprint density at radius 2 is 1.65 bits per heavy atom. The third-order valence-corrected chi connectivity index (χ3v) is 3.43. The Bertz CT molecular complexity index is 343. The molecule has 0 aromatic carbocycles. The smallest absolute Gasteiger partial charge is 0.465 e. The first kappa shape index (κ1) is 25.7. The van der Waals surface area contributed by atoms with Crippen LogP contribution in [-0.2, 0) is 19.0 Å². The van der Waals surface area contributed by atoms with Gasteiger partial charge in [0.2, 0.25) is 0 Å². The maximum absolute atomic E-state index is 11.6. The van der Waals surface area contributed by atoms with Gasteiger partial charge in [-0.3, -0.25) is 4.79 Å². The predicted octanol–water partition coefficient (Wildman–Crippen LogP) is 5.08. The van der Waals surface area contributed by atoms with E-state index in [0.717, 1.165) is 36.3 Å². The molecule has 1 N–H and O–H groups in total. The van der Waals surface area contributed by atoms with Gasteiger partial charge in [0, 0.05) is 20.0 Å². The molecule has 158 valence electrons. The zero-order valence-corrected chi connectivity index (χ0v) is 19.4. The molecule has 1 aliphatic rings. The average Bonchev–Trinajstić information content (AvgIpc) is 2.72. The van der Waals surface area contributed by atoms with Gasteiger partial charge in [0.25, 0.3) is 0 Å². The van der Waals surface area contributed by atoms with E-state index in [-0.39, 0.29) is 13.2 Å². The number of alkyl halides is 2. The highest BCUT2D eigenvalue weighted by Gasteiger charge is 2.41. The molecule has 0 aromatic rings. The Kier molecular flexibility index (Phi) is 22.4. The first-order valence-corrected chi connectivity index (χ1v) is 10.9. The van der Waals surface area contributed by atoms with Crippen LogP contribution in [0.1, 0.15) is 63.0 Å². The van der Waals surface area contributed by atoms with Crippen molar-refractivity contribution in [3.05, 3.63) is 0 Å². The predicted molar refractivity (Wildman–Crippen MR) is 112 cm³/mol. The van der Waals surface area contributed by atoms with Gasteiger partial charge in [-0.25, -0.2) is 4.79 Å². The lowest BCUT2D eigenvalue weighted by atomic mass is 9.93. The topological polar surface area (TPSA) is 82.1 Å². The van der Waals surface area contributed by atoms with Crippen molar-refractivity contribution in [1.82, 2.24) is 0 Å². The SMILES string of the molecule is CC1(C(=O)OCCCBr)COC(=O)OC1.OCCCBr.[3H]CCC.[3H]CCC. The van der Waals surface area contributed by atoms with Gasteiger partial charge in [-0.15, -0.1) is 0 Å². The number of aliphatic hydroxyl groups is 1. The first-order chi connectivity index (χ1) is 13.3. The van der Waals surface area contributed by atoms with Crippen molar-refractivity contribution < 1.29 is 31.6 Å². The fraction of sp³-hybridized carbons (Fsp3) is 0.889. The summed E-state index contributed by atoms with van der Waals surface area (Å²) in [6.07, 6.45) is 2.85.